The molecule has 0 aliphatic heterocycles. The largest absolute Gasteiger partial charge is 1.00 e. The van der Waals surface area contributed by atoms with Gasteiger partial charge in [-0.15, -0.1) is 39.7 Å². The van der Waals surface area contributed by atoms with E-state index in [4.69, 9.17) is 0 Å². The van der Waals surface area contributed by atoms with E-state index < -0.39 is 0 Å². The molecule has 3 heteroatoms. The smallest absolute Gasteiger partial charge is 1.00 e. The second-order valence-electron chi connectivity index (χ2n) is 19.5. The zero-order chi connectivity index (χ0) is 37.6. The number of hydrogen-bond donors (Lipinski definition) is 0. The van der Waals surface area contributed by atoms with Crippen LogP contribution in [-0.2, 0) is 35.1 Å². The quantitative estimate of drug-likeness (QED) is 0.183. The molecule has 0 nitrogen and oxygen atoms in total. The number of rotatable bonds is 3. The van der Waals surface area contributed by atoms with Crippen molar-refractivity contribution in [3.05, 3.63) is 123 Å². The van der Waals surface area contributed by atoms with E-state index in [0.717, 1.165) is 17.8 Å². The predicted molar refractivity (Wildman–Crippen MR) is 226 cm³/mol. The maximum atomic E-state index is 3.57. The second-order valence-corrected chi connectivity index (χ2v) is 21.4. The summed E-state index contributed by atoms with van der Waals surface area (Å²) in [6.07, 6.45) is 21.6. The van der Waals surface area contributed by atoms with Gasteiger partial charge in [0.15, 0.2) is 0 Å². The van der Waals surface area contributed by atoms with Gasteiger partial charge in [-0.2, -0.15) is 11.6 Å². The number of allylic oxidation sites excluding steroid dienone is 8. The zero-order valence-corrected chi connectivity index (χ0v) is 38.9. The Morgan fingerprint density at radius 1 is 0.727 bits per heavy atom. The van der Waals surface area contributed by atoms with E-state index in [2.05, 4.69) is 148 Å². The van der Waals surface area contributed by atoms with Crippen molar-refractivity contribution in [2.45, 2.75) is 125 Å². The van der Waals surface area contributed by atoms with Crippen LogP contribution in [-0.4, -0.2) is 3.21 Å². The maximum Gasteiger partial charge on any atom is -1.00 e. The molecule has 4 saturated carbocycles. The monoisotopic (exact) mass is 844 g/mol. The van der Waals surface area contributed by atoms with Crippen LogP contribution in [0.15, 0.2) is 84.0 Å². The Bertz CT molecular complexity index is 2140. The van der Waals surface area contributed by atoms with Gasteiger partial charge in [-0.05, 0) is 97.8 Å². The van der Waals surface area contributed by atoms with Gasteiger partial charge in [0, 0.05) is 10.8 Å². The van der Waals surface area contributed by atoms with E-state index in [-0.39, 0.29) is 35.6 Å². The van der Waals surface area contributed by atoms with E-state index >= 15 is 0 Å². The molecule has 0 heterocycles. The Morgan fingerprint density at radius 2 is 1.18 bits per heavy atom. The van der Waals surface area contributed by atoms with Crippen LogP contribution >= 0.6 is 0 Å². The van der Waals surface area contributed by atoms with Gasteiger partial charge in [-0.3, -0.25) is 6.08 Å². The Kier molecular flexibility index (Phi) is 12.0. The van der Waals surface area contributed by atoms with Crippen LogP contribution in [0.5, 0.6) is 0 Å². The summed E-state index contributed by atoms with van der Waals surface area (Å²) in [5.74, 6) is 3.82. The van der Waals surface area contributed by atoms with Gasteiger partial charge >= 0.3 is 76.7 Å². The first-order chi connectivity index (χ1) is 25.0. The van der Waals surface area contributed by atoms with E-state index in [1.807, 2.05) is 0 Å². The molecule has 11 rings (SSSR count). The molecule has 7 aliphatic carbocycles. The minimum atomic E-state index is 0. The second kappa shape index (κ2) is 15.5. The van der Waals surface area contributed by atoms with Crippen LogP contribution < -0.4 is 24.8 Å². The normalized spacial score (nSPS) is 27.0. The molecule has 288 valence electrons. The van der Waals surface area contributed by atoms with Crippen molar-refractivity contribution in [2.75, 3.05) is 0 Å². The molecule has 0 amide bonds. The summed E-state index contributed by atoms with van der Waals surface area (Å²) < 4.78 is 1.46. The Morgan fingerprint density at radius 3 is 1.58 bits per heavy atom. The van der Waals surface area contributed by atoms with E-state index in [0.29, 0.717) is 11.3 Å². The standard InChI is InChI=1S/C25H25.C18H25.C9H10.2ClH.Zr/c1-14-12-24(3,4)22-8-16-7-17-9-23-19(15(2)13-25(23,5)6)11-21(17)20(16)10-18(14)22;1-12-3-13(2)17(4-12)11-18-8-14-5-15(9-18)7-16(6-14)10-18;1-3-9-6-4-8(2)5-7-9;;;/h7-13H,1-6H3;4,12,14-16H,5-11H2,1-2H3;4-7H,1-2H3;2*1H;/q2*-1;;;;+2/p-2. The van der Waals surface area contributed by atoms with E-state index in [9.17, 15) is 0 Å². The third-order valence-electron chi connectivity index (χ3n) is 14.0. The zero-order valence-electron chi connectivity index (χ0n) is 34.9. The molecule has 0 N–H and O–H groups in total. The average Bonchev–Trinajstić information content (AvgIpc) is 3.72. The van der Waals surface area contributed by atoms with Gasteiger partial charge in [0.25, 0.3) is 0 Å². The van der Waals surface area contributed by atoms with Gasteiger partial charge in [-0.1, -0.05) is 89.3 Å². The molecular formula is C52H60Cl2Zr-2. The van der Waals surface area contributed by atoms with Crippen molar-refractivity contribution in [1.82, 2.24) is 0 Å². The third-order valence-corrected chi connectivity index (χ3v) is 14.7. The number of benzene rings is 3. The van der Waals surface area contributed by atoms with Crippen LogP contribution in [0.25, 0.3) is 32.7 Å². The third kappa shape index (κ3) is 8.13. The van der Waals surface area contributed by atoms with Gasteiger partial charge in [0.05, 0.1) is 0 Å². The van der Waals surface area contributed by atoms with Crippen molar-refractivity contribution >= 4 is 35.9 Å². The van der Waals surface area contributed by atoms with Crippen molar-refractivity contribution in [2.24, 2.45) is 29.1 Å². The van der Waals surface area contributed by atoms with Crippen LogP contribution in [0.4, 0.5) is 0 Å². The fourth-order valence-electron chi connectivity index (χ4n) is 12.0. The summed E-state index contributed by atoms with van der Waals surface area (Å²) in [6, 6.07) is 20.8. The van der Waals surface area contributed by atoms with Gasteiger partial charge in [-0.25, -0.2) is 5.57 Å². The van der Waals surface area contributed by atoms with Gasteiger partial charge < -0.3 is 24.8 Å². The fraction of sp³-hybridized carbons (Fsp3) is 0.462. The summed E-state index contributed by atoms with van der Waals surface area (Å²) in [7, 11) is 0. The molecule has 0 saturated heterocycles. The van der Waals surface area contributed by atoms with Crippen molar-refractivity contribution in [3.63, 3.8) is 0 Å². The summed E-state index contributed by atoms with van der Waals surface area (Å²) in [5, 5.41) is 5.57. The molecule has 0 spiro atoms. The molecule has 1 atom stereocenters. The number of fused-ring (bicyclic) bond motifs is 5. The molecule has 0 radical (unpaired) electrons. The summed E-state index contributed by atoms with van der Waals surface area (Å²) in [5.41, 5.74) is 15.4. The first kappa shape index (κ1) is 42.4. The molecule has 4 aromatic rings. The minimum Gasteiger partial charge on any atom is -1.00 e. The SMILES string of the molecule is CC1=CC(C)(C)c2cc3[cH-]c4cc5c(cc4c3cc21)C(C)=CC5(C)C.CC1=[C-]C(C)C=C1CC12CC3CC(CC(C3)C1)C2.C[C](=[Zr+2])c1ccc(C)cc1.[Cl-].[Cl-]. The van der Waals surface area contributed by atoms with Crippen LogP contribution in [0.1, 0.15) is 141 Å². The summed E-state index contributed by atoms with van der Waals surface area (Å²) >= 11 is 1.51. The number of aryl methyl sites for hydroxylation is 1. The number of hydrogen-bond acceptors (Lipinski definition) is 0. The minimum absolute atomic E-state index is 0. The molecule has 7 aliphatic rings. The molecule has 55 heavy (non-hydrogen) atoms. The van der Waals surface area contributed by atoms with E-state index in [1.165, 1.54) is 106 Å². The average molecular weight is 847 g/mol. The van der Waals surface area contributed by atoms with Gasteiger partial charge in [0.1, 0.15) is 0 Å². The fourth-order valence-corrected chi connectivity index (χ4v) is 12.4. The van der Waals surface area contributed by atoms with Crippen LogP contribution in [0, 0.1) is 42.1 Å². The molecule has 1 unspecified atom stereocenters. The Labute approximate surface area is 359 Å². The first-order valence-electron chi connectivity index (χ1n) is 20.5. The van der Waals surface area contributed by atoms with Crippen molar-refractivity contribution in [1.29, 1.82) is 0 Å². The summed E-state index contributed by atoms with van der Waals surface area (Å²) in [4.78, 5) is 0. The topological polar surface area (TPSA) is 0 Å². The van der Waals surface area contributed by atoms with Crippen molar-refractivity contribution < 1.29 is 49.0 Å². The number of halogens is 2. The Hall–Kier alpha value is -2.18. The Balaban J connectivity index is 0.000000151. The van der Waals surface area contributed by atoms with Crippen molar-refractivity contribution in [3.8, 4) is 0 Å². The predicted octanol–water partition coefficient (Wildman–Crippen LogP) is 8.11. The molecular weight excluding hydrogens is 787 g/mol. The molecule has 0 aromatic heterocycles. The molecule has 4 fully saturated rings. The molecule has 4 aromatic carbocycles. The molecule has 4 bridgehead atoms. The summed E-state index contributed by atoms with van der Waals surface area (Å²) in [6.45, 7) is 22.6. The van der Waals surface area contributed by atoms with Crippen LogP contribution in [0.2, 0.25) is 0 Å². The van der Waals surface area contributed by atoms with Gasteiger partial charge in [0.2, 0.25) is 0 Å². The van der Waals surface area contributed by atoms with E-state index in [1.54, 1.807) is 44.1 Å². The first-order valence-corrected chi connectivity index (χ1v) is 21.8. The van der Waals surface area contributed by atoms with Crippen LogP contribution in [0.3, 0.4) is 0 Å². The maximum absolute atomic E-state index is 3.57.